The van der Waals surface area contributed by atoms with Crippen LogP contribution in [0.4, 0.5) is 11.6 Å². The molecule has 0 saturated heterocycles. The highest BCUT2D eigenvalue weighted by Crippen LogP contribution is 2.28. The number of aromatic nitrogens is 4. The van der Waals surface area contributed by atoms with E-state index < -0.39 is 0 Å². The van der Waals surface area contributed by atoms with E-state index in [9.17, 15) is 0 Å². The van der Waals surface area contributed by atoms with Crippen molar-refractivity contribution >= 4 is 44.8 Å². The van der Waals surface area contributed by atoms with Gasteiger partial charge in [0.15, 0.2) is 5.82 Å². The van der Waals surface area contributed by atoms with Crippen molar-refractivity contribution in [1.29, 1.82) is 0 Å². The number of nitrogens with one attached hydrogen (secondary N) is 1. The van der Waals surface area contributed by atoms with Crippen LogP contribution in [0.2, 0.25) is 5.28 Å². The van der Waals surface area contributed by atoms with Gasteiger partial charge in [-0.15, -0.1) is 11.3 Å². The van der Waals surface area contributed by atoms with Gasteiger partial charge in [0, 0.05) is 13.2 Å². The standard InChI is InChI=1S/C10H8ClN5S/c1-16-4-7(12-5-16)14-9-8-6(2-3-17-8)13-10(11)15-9/h2-5H,1H3,(H,13,14,15). The molecule has 86 valence electrons. The van der Waals surface area contributed by atoms with Crippen LogP contribution in [0.3, 0.4) is 0 Å². The molecule has 0 aliphatic carbocycles. The smallest absolute Gasteiger partial charge is 0.224 e. The van der Waals surface area contributed by atoms with E-state index in [4.69, 9.17) is 11.6 Å². The van der Waals surface area contributed by atoms with Crippen LogP contribution < -0.4 is 5.32 Å². The fourth-order valence-corrected chi connectivity index (χ4v) is 2.47. The third-order valence-corrected chi connectivity index (χ3v) is 3.31. The Morgan fingerprint density at radius 1 is 1.41 bits per heavy atom. The first kappa shape index (κ1) is 10.5. The summed E-state index contributed by atoms with van der Waals surface area (Å²) >= 11 is 7.44. The summed E-state index contributed by atoms with van der Waals surface area (Å²) < 4.78 is 2.83. The topological polar surface area (TPSA) is 55.6 Å². The molecule has 5 nitrogen and oxygen atoms in total. The van der Waals surface area contributed by atoms with Crippen LogP contribution in [-0.4, -0.2) is 19.5 Å². The number of nitrogens with zero attached hydrogens (tertiary/aromatic N) is 4. The van der Waals surface area contributed by atoms with Gasteiger partial charge in [0.1, 0.15) is 5.82 Å². The predicted molar refractivity (Wildman–Crippen MR) is 68.9 cm³/mol. The maximum Gasteiger partial charge on any atom is 0.224 e. The van der Waals surface area contributed by atoms with Gasteiger partial charge in [-0.1, -0.05) is 0 Å². The summed E-state index contributed by atoms with van der Waals surface area (Å²) in [5.41, 5.74) is 0.841. The highest BCUT2D eigenvalue weighted by Gasteiger charge is 2.09. The SMILES string of the molecule is Cn1cnc(Nc2nc(Cl)nc3ccsc23)c1. The van der Waals surface area contributed by atoms with Crippen molar-refractivity contribution in [2.75, 3.05) is 5.32 Å². The summed E-state index contributed by atoms with van der Waals surface area (Å²) in [6.07, 6.45) is 3.59. The normalized spacial score (nSPS) is 10.9. The second-order valence-corrected chi connectivity index (χ2v) is 4.78. The minimum atomic E-state index is 0.231. The van der Waals surface area contributed by atoms with Crippen LogP contribution in [0, 0.1) is 0 Å². The van der Waals surface area contributed by atoms with Crippen LogP contribution in [0.25, 0.3) is 10.2 Å². The second-order valence-electron chi connectivity index (χ2n) is 3.53. The largest absolute Gasteiger partial charge is 0.338 e. The number of aryl methyl sites for hydroxylation is 1. The Balaban J connectivity index is 2.07. The lowest BCUT2D eigenvalue weighted by Gasteiger charge is -2.03. The van der Waals surface area contributed by atoms with E-state index in [2.05, 4.69) is 20.3 Å². The van der Waals surface area contributed by atoms with Crippen LogP contribution in [0.1, 0.15) is 0 Å². The number of thiophene rings is 1. The van der Waals surface area contributed by atoms with Crippen LogP contribution in [0.5, 0.6) is 0 Å². The van der Waals surface area contributed by atoms with Gasteiger partial charge in [-0.3, -0.25) is 0 Å². The maximum absolute atomic E-state index is 5.87. The summed E-state index contributed by atoms with van der Waals surface area (Å²) in [6.45, 7) is 0. The number of fused-ring (bicyclic) bond motifs is 1. The van der Waals surface area contributed by atoms with Gasteiger partial charge in [0.05, 0.1) is 16.5 Å². The Hall–Kier alpha value is -1.66. The van der Waals surface area contributed by atoms with Crippen molar-refractivity contribution in [2.24, 2.45) is 7.05 Å². The molecule has 0 aliphatic heterocycles. The molecular weight excluding hydrogens is 258 g/mol. The first-order chi connectivity index (χ1) is 8.22. The highest BCUT2D eigenvalue weighted by molar-refractivity contribution is 7.17. The molecule has 0 aromatic carbocycles. The molecule has 0 radical (unpaired) electrons. The molecule has 0 amide bonds. The molecule has 0 spiro atoms. The predicted octanol–water partition coefficient (Wildman–Crippen LogP) is 2.82. The molecule has 0 unspecified atom stereocenters. The third-order valence-electron chi connectivity index (χ3n) is 2.23. The van der Waals surface area contributed by atoms with Crippen molar-refractivity contribution in [3.05, 3.63) is 29.3 Å². The molecule has 3 aromatic heterocycles. The molecule has 3 aromatic rings. The molecule has 0 fully saturated rings. The minimum Gasteiger partial charge on any atom is -0.338 e. The van der Waals surface area contributed by atoms with Gasteiger partial charge in [-0.2, -0.15) is 4.98 Å². The molecule has 17 heavy (non-hydrogen) atoms. The molecule has 1 N–H and O–H groups in total. The number of hydrogen-bond donors (Lipinski definition) is 1. The zero-order valence-electron chi connectivity index (χ0n) is 8.88. The molecule has 0 saturated carbocycles. The maximum atomic E-state index is 5.87. The summed E-state index contributed by atoms with van der Waals surface area (Å²) in [7, 11) is 1.91. The Morgan fingerprint density at radius 2 is 2.29 bits per heavy atom. The molecule has 3 rings (SSSR count). The minimum absolute atomic E-state index is 0.231. The molecule has 0 bridgehead atoms. The molecule has 0 atom stereocenters. The van der Waals surface area contributed by atoms with E-state index in [1.165, 1.54) is 0 Å². The van der Waals surface area contributed by atoms with E-state index in [1.54, 1.807) is 17.7 Å². The van der Waals surface area contributed by atoms with Gasteiger partial charge < -0.3 is 9.88 Å². The lowest BCUT2D eigenvalue weighted by Crippen LogP contribution is -1.95. The van der Waals surface area contributed by atoms with Gasteiger partial charge in [0.25, 0.3) is 0 Å². The summed E-state index contributed by atoms with van der Waals surface area (Å²) in [5, 5.41) is 5.33. The van der Waals surface area contributed by atoms with E-state index in [1.807, 2.05) is 29.3 Å². The van der Waals surface area contributed by atoms with Gasteiger partial charge in [-0.05, 0) is 23.0 Å². The average molecular weight is 266 g/mol. The van der Waals surface area contributed by atoms with Gasteiger partial charge in [-0.25, -0.2) is 9.97 Å². The lowest BCUT2D eigenvalue weighted by atomic mass is 10.4. The van der Waals surface area contributed by atoms with Crippen LogP contribution >= 0.6 is 22.9 Å². The fourth-order valence-electron chi connectivity index (χ4n) is 1.52. The summed E-state index contributed by atoms with van der Waals surface area (Å²) in [4.78, 5) is 12.5. The number of halogens is 1. The molecule has 3 heterocycles. The highest BCUT2D eigenvalue weighted by atomic mass is 35.5. The molecular formula is C10H8ClN5S. The van der Waals surface area contributed by atoms with E-state index in [0.29, 0.717) is 5.82 Å². The average Bonchev–Trinajstić information content (AvgIpc) is 2.87. The second kappa shape index (κ2) is 3.97. The number of rotatable bonds is 2. The number of anilines is 2. The third kappa shape index (κ3) is 1.96. The van der Waals surface area contributed by atoms with Crippen molar-refractivity contribution in [1.82, 2.24) is 19.5 Å². The van der Waals surface area contributed by atoms with Crippen LogP contribution in [-0.2, 0) is 7.05 Å². The Labute approximate surface area is 106 Å². The molecule has 7 heteroatoms. The Kier molecular flexibility index (Phi) is 2.45. The Morgan fingerprint density at radius 3 is 3.06 bits per heavy atom. The Bertz CT molecular complexity index is 674. The monoisotopic (exact) mass is 265 g/mol. The zero-order chi connectivity index (χ0) is 11.8. The zero-order valence-corrected chi connectivity index (χ0v) is 10.5. The van der Waals surface area contributed by atoms with E-state index in [0.717, 1.165) is 16.0 Å². The summed E-state index contributed by atoms with van der Waals surface area (Å²) in [6, 6.07) is 1.91. The van der Waals surface area contributed by atoms with Crippen molar-refractivity contribution < 1.29 is 0 Å². The van der Waals surface area contributed by atoms with Gasteiger partial charge in [0.2, 0.25) is 5.28 Å². The number of hydrogen-bond acceptors (Lipinski definition) is 5. The quantitative estimate of drug-likeness (QED) is 0.724. The first-order valence-corrected chi connectivity index (χ1v) is 6.14. The van der Waals surface area contributed by atoms with Crippen molar-refractivity contribution in [3.8, 4) is 0 Å². The van der Waals surface area contributed by atoms with E-state index in [-0.39, 0.29) is 5.28 Å². The lowest BCUT2D eigenvalue weighted by molar-refractivity contribution is 0.913. The fraction of sp³-hybridized carbons (Fsp3) is 0.100. The number of imidazole rings is 1. The van der Waals surface area contributed by atoms with Crippen LogP contribution in [0.15, 0.2) is 24.0 Å². The summed E-state index contributed by atoms with van der Waals surface area (Å²) in [5.74, 6) is 1.42. The van der Waals surface area contributed by atoms with Gasteiger partial charge >= 0.3 is 0 Å². The van der Waals surface area contributed by atoms with E-state index >= 15 is 0 Å². The molecule has 0 aliphatic rings. The van der Waals surface area contributed by atoms with Crippen molar-refractivity contribution in [2.45, 2.75) is 0 Å². The van der Waals surface area contributed by atoms with Crippen molar-refractivity contribution in [3.63, 3.8) is 0 Å². The first-order valence-electron chi connectivity index (χ1n) is 4.88.